The van der Waals surface area contributed by atoms with Crippen molar-refractivity contribution in [2.75, 3.05) is 18.0 Å². The van der Waals surface area contributed by atoms with Gasteiger partial charge in [-0.1, -0.05) is 18.2 Å². The Bertz CT molecular complexity index is 919. The van der Waals surface area contributed by atoms with Crippen LogP contribution in [0.15, 0.2) is 36.4 Å². The Morgan fingerprint density at radius 1 is 1.00 bits per heavy atom. The number of anilines is 1. The van der Waals surface area contributed by atoms with E-state index in [-0.39, 0.29) is 17.9 Å². The zero-order valence-electron chi connectivity index (χ0n) is 16.3. The first-order chi connectivity index (χ1) is 13.0. The monoisotopic (exact) mass is 362 g/mol. The van der Waals surface area contributed by atoms with E-state index < -0.39 is 0 Å². The van der Waals surface area contributed by atoms with E-state index >= 15 is 0 Å². The van der Waals surface area contributed by atoms with Crippen LogP contribution in [0.4, 0.5) is 5.69 Å². The molecule has 0 radical (unpaired) electrons. The van der Waals surface area contributed by atoms with Crippen LogP contribution in [0, 0.1) is 13.8 Å². The van der Waals surface area contributed by atoms with E-state index in [1.165, 1.54) is 16.7 Å². The van der Waals surface area contributed by atoms with Crippen LogP contribution in [0.2, 0.25) is 0 Å². The van der Waals surface area contributed by atoms with Crippen molar-refractivity contribution in [3.05, 3.63) is 64.2 Å². The van der Waals surface area contributed by atoms with Gasteiger partial charge in [0.1, 0.15) is 0 Å². The maximum atomic E-state index is 13.2. The van der Waals surface area contributed by atoms with Crippen molar-refractivity contribution in [3.8, 4) is 0 Å². The second-order valence-electron chi connectivity index (χ2n) is 7.76. The zero-order chi connectivity index (χ0) is 19.1. The van der Waals surface area contributed by atoms with Crippen molar-refractivity contribution in [2.45, 2.75) is 46.1 Å². The molecule has 2 aromatic carbocycles. The van der Waals surface area contributed by atoms with Crippen LogP contribution in [0.25, 0.3) is 0 Å². The number of likely N-dealkylation sites (tertiary alicyclic amines) is 1. The average molecular weight is 362 g/mol. The first-order valence-corrected chi connectivity index (χ1v) is 9.75. The molecule has 2 amide bonds. The normalized spacial score (nSPS) is 18.7. The number of carbonyl (C=O) groups excluding carboxylic acids is 2. The molecular weight excluding hydrogens is 336 g/mol. The topological polar surface area (TPSA) is 40.6 Å². The molecule has 0 saturated carbocycles. The van der Waals surface area contributed by atoms with E-state index in [1.54, 1.807) is 11.8 Å². The predicted octanol–water partition coefficient (Wildman–Crippen LogP) is 4.19. The summed E-state index contributed by atoms with van der Waals surface area (Å²) in [4.78, 5) is 28.8. The molecule has 27 heavy (non-hydrogen) atoms. The summed E-state index contributed by atoms with van der Waals surface area (Å²) in [7, 11) is 0. The summed E-state index contributed by atoms with van der Waals surface area (Å²) in [6.07, 6.45) is 2.86. The molecule has 1 saturated heterocycles. The van der Waals surface area contributed by atoms with Gasteiger partial charge in [0.15, 0.2) is 0 Å². The maximum Gasteiger partial charge on any atom is 0.254 e. The maximum absolute atomic E-state index is 13.2. The third-order valence-corrected chi connectivity index (χ3v) is 6.03. The lowest BCUT2D eigenvalue weighted by atomic mass is 9.99. The quantitative estimate of drug-likeness (QED) is 0.804. The van der Waals surface area contributed by atoms with Gasteiger partial charge in [-0.25, -0.2) is 0 Å². The van der Waals surface area contributed by atoms with Crippen LogP contribution in [0.3, 0.4) is 0 Å². The van der Waals surface area contributed by atoms with Gasteiger partial charge in [-0.3, -0.25) is 9.59 Å². The number of benzene rings is 2. The minimum atomic E-state index is 0.0576. The van der Waals surface area contributed by atoms with Gasteiger partial charge in [0, 0.05) is 31.3 Å². The highest BCUT2D eigenvalue weighted by Gasteiger charge is 2.31. The fourth-order valence-corrected chi connectivity index (χ4v) is 4.36. The number of aryl methyl sites for hydroxylation is 2. The van der Waals surface area contributed by atoms with Crippen molar-refractivity contribution in [1.29, 1.82) is 0 Å². The number of nitrogens with zero attached hydrogens (tertiary/aromatic N) is 2. The molecular formula is C23H26N2O2. The van der Waals surface area contributed by atoms with Crippen LogP contribution >= 0.6 is 0 Å². The van der Waals surface area contributed by atoms with E-state index in [0.29, 0.717) is 6.54 Å². The molecule has 4 nitrogen and oxygen atoms in total. The Kier molecular flexibility index (Phi) is 4.50. The third kappa shape index (κ3) is 3.14. The standard InChI is InChI=1S/C23H26N2O2/c1-15-6-7-18(13-16(15)2)21-5-4-11-25(21)23(27)20-8-9-22-19(14-20)10-12-24(22)17(3)26/h6-9,13-14,21H,4-5,10-12H2,1-3H3. The number of rotatable bonds is 2. The molecule has 2 aliphatic rings. The van der Waals surface area contributed by atoms with Gasteiger partial charge in [-0.2, -0.15) is 0 Å². The Morgan fingerprint density at radius 3 is 2.56 bits per heavy atom. The first-order valence-electron chi connectivity index (χ1n) is 9.75. The molecule has 1 atom stereocenters. The summed E-state index contributed by atoms with van der Waals surface area (Å²) in [5.41, 5.74) is 6.56. The van der Waals surface area contributed by atoms with Crippen molar-refractivity contribution >= 4 is 17.5 Å². The lowest BCUT2D eigenvalue weighted by Gasteiger charge is -2.26. The van der Waals surface area contributed by atoms with Crippen molar-refractivity contribution in [2.24, 2.45) is 0 Å². The van der Waals surface area contributed by atoms with Gasteiger partial charge in [-0.05, 0) is 73.6 Å². The molecule has 0 bridgehead atoms. The van der Waals surface area contributed by atoms with E-state index in [0.717, 1.165) is 42.6 Å². The molecule has 1 unspecified atom stereocenters. The first kappa shape index (κ1) is 17.8. The molecule has 0 spiro atoms. The second-order valence-corrected chi connectivity index (χ2v) is 7.76. The lowest BCUT2D eigenvalue weighted by Crippen LogP contribution is -2.30. The molecule has 2 heterocycles. The molecule has 4 heteroatoms. The summed E-state index contributed by atoms with van der Waals surface area (Å²) in [6, 6.07) is 12.5. The minimum absolute atomic E-state index is 0.0576. The highest BCUT2D eigenvalue weighted by atomic mass is 16.2. The summed E-state index contributed by atoms with van der Waals surface area (Å²) in [6.45, 7) is 7.34. The zero-order valence-corrected chi connectivity index (χ0v) is 16.3. The van der Waals surface area contributed by atoms with Gasteiger partial charge in [-0.15, -0.1) is 0 Å². The fourth-order valence-electron chi connectivity index (χ4n) is 4.36. The fraction of sp³-hybridized carbons (Fsp3) is 0.391. The average Bonchev–Trinajstić information content (AvgIpc) is 3.29. The van der Waals surface area contributed by atoms with Crippen molar-refractivity contribution in [1.82, 2.24) is 4.90 Å². The van der Waals surface area contributed by atoms with E-state index in [4.69, 9.17) is 0 Å². The summed E-state index contributed by atoms with van der Waals surface area (Å²) < 4.78 is 0. The van der Waals surface area contributed by atoms with Gasteiger partial charge in [0.2, 0.25) is 5.91 Å². The molecule has 1 fully saturated rings. The van der Waals surface area contributed by atoms with Gasteiger partial charge in [0.05, 0.1) is 6.04 Å². The molecule has 0 aliphatic carbocycles. The predicted molar refractivity (Wildman–Crippen MR) is 107 cm³/mol. The number of hydrogen-bond donors (Lipinski definition) is 0. The molecule has 0 aromatic heterocycles. The van der Waals surface area contributed by atoms with Gasteiger partial charge < -0.3 is 9.80 Å². The molecule has 2 aromatic rings. The van der Waals surface area contributed by atoms with E-state index in [2.05, 4.69) is 32.0 Å². The van der Waals surface area contributed by atoms with Crippen LogP contribution in [0.1, 0.15) is 58.4 Å². The Labute approximate surface area is 160 Å². The van der Waals surface area contributed by atoms with Crippen LogP contribution in [-0.4, -0.2) is 29.8 Å². The van der Waals surface area contributed by atoms with E-state index in [1.807, 2.05) is 23.1 Å². The van der Waals surface area contributed by atoms with Crippen molar-refractivity contribution < 1.29 is 9.59 Å². The van der Waals surface area contributed by atoms with Gasteiger partial charge >= 0.3 is 0 Å². The summed E-state index contributed by atoms with van der Waals surface area (Å²) in [5, 5.41) is 0. The van der Waals surface area contributed by atoms with Gasteiger partial charge in [0.25, 0.3) is 5.91 Å². The highest BCUT2D eigenvalue weighted by molar-refractivity contribution is 5.98. The molecule has 0 N–H and O–H groups in total. The minimum Gasteiger partial charge on any atom is -0.332 e. The highest BCUT2D eigenvalue weighted by Crippen LogP contribution is 2.35. The summed E-state index contributed by atoms with van der Waals surface area (Å²) in [5.74, 6) is 0.155. The smallest absolute Gasteiger partial charge is 0.254 e. The van der Waals surface area contributed by atoms with Crippen molar-refractivity contribution in [3.63, 3.8) is 0 Å². The molecule has 140 valence electrons. The number of carbonyl (C=O) groups is 2. The lowest BCUT2D eigenvalue weighted by molar-refractivity contribution is -0.116. The third-order valence-electron chi connectivity index (χ3n) is 6.03. The van der Waals surface area contributed by atoms with E-state index in [9.17, 15) is 9.59 Å². The second kappa shape index (κ2) is 6.84. The number of hydrogen-bond acceptors (Lipinski definition) is 2. The Balaban J connectivity index is 1.60. The summed E-state index contributed by atoms with van der Waals surface area (Å²) >= 11 is 0. The number of fused-ring (bicyclic) bond motifs is 1. The SMILES string of the molecule is CC(=O)N1CCc2cc(C(=O)N3CCCC3c3ccc(C)c(C)c3)ccc21. The van der Waals surface area contributed by atoms with Crippen LogP contribution in [0.5, 0.6) is 0 Å². The molecule has 4 rings (SSSR count). The largest absolute Gasteiger partial charge is 0.332 e. The Hall–Kier alpha value is -2.62. The number of amides is 2. The molecule has 2 aliphatic heterocycles. The Morgan fingerprint density at radius 2 is 1.81 bits per heavy atom. The van der Waals surface area contributed by atoms with Crippen LogP contribution < -0.4 is 4.90 Å². The van der Waals surface area contributed by atoms with Crippen LogP contribution in [-0.2, 0) is 11.2 Å².